The minimum atomic E-state index is -0.202. The van der Waals surface area contributed by atoms with Crippen molar-refractivity contribution in [1.82, 2.24) is 14.9 Å². The van der Waals surface area contributed by atoms with Gasteiger partial charge in [0.15, 0.2) is 0 Å². The molecule has 4 N–H and O–H groups in total. The highest BCUT2D eigenvalue weighted by molar-refractivity contribution is 9.10. The van der Waals surface area contributed by atoms with Crippen LogP contribution in [-0.2, 0) is 4.79 Å². The first kappa shape index (κ1) is 22.1. The van der Waals surface area contributed by atoms with Crippen LogP contribution in [0.5, 0.6) is 0 Å². The molecular formula is C19H19BrClN7OS. The maximum Gasteiger partial charge on any atom is 0.264 e. The van der Waals surface area contributed by atoms with Crippen molar-refractivity contribution in [3.8, 4) is 0 Å². The van der Waals surface area contributed by atoms with Crippen LogP contribution in [0.25, 0.3) is 0 Å². The lowest BCUT2D eigenvalue weighted by molar-refractivity contribution is -0.113. The van der Waals surface area contributed by atoms with Gasteiger partial charge < -0.3 is 11.2 Å². The molecule has 156 valence electrons. The van der Waals surface area contributed by atoms with Gasteiger partial charge in [-0.05, 0) is 49.2 Å². The summed E-state index contributed by atoms with van der Waals surface area (Å²) in [7, 11) is 0. The number of thioether (sulfide) groups is 1. The number of nitrogens with two attached hydrogens (primary N) is 1. The number of nitrogens with zero attached hydrogens (tertiary/aromatic N) is 4. The number of aromatic nitrogens is 3. The lowest BCUT2D eigenvalue weighted by Crippen LogP contribution is -2.17. The summed E-state index contributed by atoms with van der Waals surface area (Å²) in [6, 6.07) is 13.1. The van der Waals surface area contributed by atoms with Gasteiger partial charge in [-0.15, -0.1) is 10.2 Å². The smallest absolute Gasteiger partial charge is 0.264 e. The predicted molar refractivity (Wildman–Crippen MR) is 126 cm³/mol. The Labute approximate surface area is 191 Å². The summed E-state index contributed by atoms with van der Waals surface area (Å²) in [6.07, 6.45) is 0. The van der Waals surface area contributed by atoms with Crippen molar-refractivity contribution in [2.45, 2.75) is 19.0 Å². The van der Waals surface area contributed by atoms with Gasteiger partial charge in [0.25, 0.3) is 5.95 Å². The zero-order valence-electron chi connectivity index (χ0n) is 16.2. The number of hydrazone groups is 1. The fourth-order valence-corrected chi connectivity index (χ4v) is 3.48. The van der Waals surface area contributed by atoms with Crippen LogP contribution in [0, 0.1) is 6.92 Å². The molecule has 0 bridgehead atoms. The van der Waals surface area contributed by atoms with E-state index in [2.05, 4.69) is 42.0 Å². The molecule has 1 heterocycles. The van der Waals surface area contributed by atoms with Crippen molar-refractivity contribution in [3.63, 3.8) is 0 Å². The average Bonchev–Trinajstić information content (AvgIpc) is 3.07. The molecule has 3 aromatic rings. The van der Waals surface area contributed by atoms with Gasteiger partial charge in [-0.25, -0.2) is 10.1 Å². The zero-order chi connectivity index (χ0) is 21.7. The van der Waals surface area contributed by atoms with Crippen LogP contribution < -0.4 is 16.6 Å². The largest absolute Gasteiger partial charge is 0.334 e. The molecule has 0 atom stereocenters. The van der Waals surface area contributed by atoms with Crippen LogP contribution in [0.15, 0.2) is 57.2 Å². The number of hydrogen-bond acceptors (Lipinski definition) is 7. The summed E-state index contributed by atoms with van der Waals surface area (Å²) in [5.74, 6) is 6.19. The number of benzene rings is 2. The average molecular weight is 509 g/mol. The van der Waals surface area contributed by atoms with Gasteiger partial charge in [-0.3, -0.25) is 4.79 Å². The zero-order valence-corrected chi connectivity index (χ0v) is 19.3. The number of carbonyl (C=O) groups excluding carboxylic acids is 1. The SMILES string of the molecule is C/C(=N\Nc1nnc(SCC(=O)Nc2cc(Cl)ccc2C)n1N)c1ccc(Br)cc1. The first-order valence-corrected chi connectivity index (χ1v) is 10.9. The van der Waals surface area contributed by atoms with Crippen LogP contribution in [0.2, 0.25) is 5.02 Å². The van der Waals surface area contributed by atoms with Crippen molar-refractivity contribution in [2.75, 3.05) is 22.3 Å². The van der Waals surface area contributed by atoms with E-state index in [9.17, 15) is 4.79 Å². The number of halogens is 2. The van der Waals surface area contributed by atoms with Crippen LogP contribution in [0.4, 0.5) is 11.6 Å². The van der Waals surface area contributed by atoms with Gasteiger partial charge in [0, 0.05) is 15.2 Å². The van der Waals surface area contributed by atoms with Gasteiger partial charge >= 0.3 is 0 Å². The van der Waals surface area contributed by atoms with Gasteiger partial charge in [0.1, 0.15) is 0 Å². The molecule has 8 nitrogen and oxygen atoms in total. The van der Waals surface area contributed by atoms with Crippen LogP contribution >= 0.6 is 39.3 Å². The highest BCUT2D eigenvalue weighted by Crippen LogP contribution is 2.22. The minimum absolute atomic E-state index is 0.114. The monoisotopic (exact) mass is 507 g/mol. The topological polar surface area (TPSA) is 110 Å². The number of amides is 1. The first-order chi connectivity index (χ1) is 14.3. The predicted octanol–water partition coefficient (Wildman–Crippen LogP) is 4.28. The third-order valence-corrected chi connectivity index (χ3v) is 5.76. The van der Waals surface area contributed by atoms with Crippen LogP contribution in [0.1, 0.15) is 18.1 Å². The van der Waals surface area contributed by atoms with Gasteiger partial charge in [0.05, 0.1) is 11.5 Å². The van der Waals surface area contributed by atoms with E-state index in [0.717, 1.165) is 33.1 Å². The third kappa shape index (κ3) is 5.74. The number of rotatable bonds is 7. The molecule has 0 unspecified atom stereocenters. The number of anilines is 2. The molecular weight excluding hydrogens is 490 g/mol. The molecule has 30 heavy (non-hydrogen) atoms. The molecule has 0 saturated heterocycles. The van der Waals surface area contributed by atoms with E-state index in [1.807, 2.05) is 44.2 Å². The summed E-state index contributed by atoms with van der Waals surface area (Å²) in [5, 5.41) is 16.0. The molecule has 0 aliphatic heterocycles. The Hall–Kier alpha value is -2.56. The molecule has 0 fully saturated rings. The Morgan fingerprint density at radius 1 is 1.27 bits per heavy atom. The molecule has 0 saturated carbocycles. The number of nitrogens with one attached hydrogen (secondary N) is 2. The summed E-state index contributed by atoms with van der Waals surface area (Å²) >= 11 is 10.5. The molecule has 1 amide bonds. The summed E-state index contributed by atoms with van der Waals surface area (Å²) < 4.78 is 2.24. The van der Waals surface area contributed by atoms with E-state index in [1.54, 1.807) is 12.1 Å². The number of hydrogen-bond donors (Lipinski definition) is 3. The molecule has 0 spiro atoms. The molecule has 2 aromatic carbocycles. The molecule has 3 rings (SSSR count). The minimum Gasteiger partial charge on any atom is -0.334 e. The van der Waals surface area contributed by atoms with Gasteiger partial charge in [0.2, 0.25) is 11.1 Å². The fraction of sp³-hybridized carbons (Fsp3) is 0.158. The Bertz CT molecular complexity index is 1080. The van der Waals surface area contributed by atoms with E-state index in [0.29, 0.717) is 15.9 Å². The Morgan fingerprint density at radius 2 is 2.00 bits per heavy atom. The second-order valence-electron chi connectivity index (χ2n) is 6.29. The van der Waals surface area contributed by atoms with E-state index < -0.39 is 0 Å². The second kappa shape index (κ2) is 9.96. The summed E-state index contributed by atoms with van der Waals surface area (Å²) in [5.41, 5.74) is 6.10. The third-order valence-electron chi connectivity index (χ3n) is 4.06. The Morgan fingerprint density at radius 3 is 2.73 bits per heavy atom. The summed E-state index contributed by atoms with van der Waals surface area (Å²) in [4.78, 5) is 12.2. The van der Waals surface area contributed by atoms with Crippen molar-refractivity contribution >= 4 is 62.5 Å². The molecule has 1 aromatic heterocycles. The fourth-order valence-electron chi connectivity index (χ4n) is 2.39. The molecule has 0 aliphatic carbocycles. The van der Waals surface area contributed by atoms with Gasteiger partial charge in [-0.1, -0.05) is 57.5 Å². The van der Waals surface area contributed by atoms with E-state index in [-0.39, 0.29) is 17.6 Å². The molecule has 0 aliphatic rings. The van der Waals surface area contributed by atoms with E-state index in [4.69, 9.17) is 17.4 Å². The number of carbonyl (C=O) groups is 1. The Balaban J connectivity index is 1.58. The van der Waals surface area contributed by atoms with Crippen LogP contribution in [0.3, 0.4) is 0 Å². The van der Waals surface area contributed by atoms with Crippen LogP contribution in [-0.4, -0.2) is 32.2 Å². The number of nitrogen functional groups attached to an aromatic ring is 1. The maximum atomic E-state index is 12.2. The first-order valence-electron chi connectivity index (χ1n) is 8.79. The lowest BCUT2D eigenvalue weighted by Gasteiger charge is -2.08. The highest BCUT2D eigenvalue weighted by atomic mass is 79.9. The standard InChI is InChI=1S/C19H19BrClN7OS/c1-11-3-8-15(21)9-16(11)23-17(29)10-30-19-27-26-18(28(19)22)25-24-12(2)13-4-6-14(20)7-5-13/h3-9H,10,22H2,1-2H3,(H,23,29)(H,25,26)/b24-12+. The molecule has 11 heteroatoms. The van der Waals surface area contributed by atoms with Crippen molar-refractivity contribution in [3.05, 3.63) is 63.1 Å². The van der Waals surface area contributed by atoms with E-state index >= 15 is 0 Å². The number of aryl methyl sites for hydroxylation is 1. The Kier molecular flexibility index (Phi) is 7.35. The van der Waals surface area contributed by atoms with Crippen molar-refractivity contribution in [2.24, 2.45) is 5.10 Å². The van der Waals surface area contributed by atoms with E-state index in [1.165, 1.54) is 4.68 Å². The highest BCUT2D eigenvalue weighted by Gasteiger charge is 2.13. The van der Waals surface area contributed by atoms with Crippen molar-refractivity contribution < 1.29 is 4.79 Å². The molecule has 0 radical (unpaired) electrons. The van der Waals surface area contributed by atoms with Gasteiger partial charge in [-0.2, -0.15) is 5.10 Å². The summed E-state index contributed by atoms with van der Waals surface area (Å²) in [6.45, 7) is 3.76. The maximum absolute atomic E-state index is 12.2. The lowest BCUT2D eigenvalue weighted by atomic mass is 10.1. The quantitative estimate of drug-likeness (QED) is 0.190. The normalized spacial score (nSPS) is 11.4. The second-order valence-corrected chi connectivity index (χ2v) is 8.58. The van der Waals surface area contributed by atoms with Crippen molar-refractivity contribution in [1.29, 1.82) is 0 Å².